The molecule has 0 unspecified atom stereocenters. The Hall–Kier alpha value is -2.43. The van der Waals surface area contributed by atoms with Crippen molar-refractivity contribution >= 4 is 23.4 Å². The highest BCUT2D eigenvalue weighted by atomic mass is 32.2. The maximum absolute atomic E-state index is 12.6. The molecule has 11 heteroatoms. The van der Waals surface area contributed by atoms with Gasteiger partial charge in [-0.3, -0.25) is 4.79 Å². The van der Waals surface area contributed by atoms with Gasteiger partial charge in [-0.2, -0.15) is 13.2 Å². The average Bonchev–Trinajstić information content (AvgIpc) is 2.86. The maximum atomic E-state index is 12.6. The molecule has 2 aromatic rings. The number of nitrogens with zero attached hydrogens (tertiary/aromatic N) is 3. The minimum absolute atomic E-state index is 0.190. The quantitative estimate of drug-likeness (QED) is 0.625. The van der Waals surface area contributed by atoms with Gasteiger partial charge < -0.3 is 15.9 Å². The second-order valence-electron chi connectivity index (χ2n) is 4.71. The van der Waals surface area contributed by atoms with Crippen LogP contribution in [0.5, 0.6) is 5.75 Å². The van der Waals surface area contributed by atoms with E-state index in [4.69, 9.17) is 10.6 Å². The second kappa shape index (κ2) is 6.99. The fraction of sp³-hybridized carbons (Fsp3) is 0.308. The molecule has 1 amide bonds. The zero-order valence-corrected chi connectivity index (χ0v) is 13.5. The molecule has 2 rings (SSSR count). The topological polar surface area (TPSA) is 95.1 Å². The molecule has 0 fully saturated rings. The summed E-state index contributed by atoms with van der Waals surface area (Å²) >= 11 is 0.740. The van der Waals surface area contributed by atoms with Crippen molar-refractivity contribution in [1.82, 2.24) is 14.9 Å². The van der Waals surface area contributed by atoms with Gasteiger partial charge in [-0.15, -0.1) is 10.2 Å². The summed E-state index contributed by atoms with van der Waals surface area (Å²) < 4.78 is 43.1. The van der Waals surface area contributed by atoms with E-state index < -0.39 is 17.9 Å². The third kappa shape index (κ3) is 4.10. The van der Waals surface area contributed by atoms with Gasteiger partial charge in [0.2, 0.25) is 11.1 Å². The lowest BCUT2D eigenvalue weighted by atomic mass is 10.2. The molecule has 7 nitrogen and oxygen atoms in total. The molecule has 1 heterocycles. The molecular weight excluding hydrogens is 347 g/mol. The standard InChI is InChI=1S/C13H14F3N5O2S/c1-7-3-4-9(23-2)8(5-7)18-10(22)6-24-12-20-19-11(21(12)17)13(14,15)16/h3-5H,6,17H2,1-2H3,(H,18,22). The van der Waals surface area contributed by atoms with Crippen molar-refractivity contribution in [3.63, 3.8) is 0 Å². The summed E-state index contributed by atoms with van der Waals surface area (Å²) in [5.41, 5.74) is 1.38. The molecular formula is C13H14F3N5O2S. The third-order valence-electron chi connectivity index (χ3n) is 2.88. The number of nitrogens with two attached hydrogens (primary N) is 1. The van der Waals surface area contributed by atoms with Crippen LogP contribution >= 0.6 is 11.8 Å². The van der Waals surface area contributed by atoms with E-state index in [1.165, 1.54) is 7.11 Å². The SMILES string of the molecule is COc1ccc(C)cc1NC(=O)CSc1nnc(C(F)(F)F)n1N. The van der Waals surface area contributed by atoms with Crippen molar-refractivity contribution in [3.8, 4) is 5.75 Å². The molecule has 0 aliphatic carbocycles. The van der Waals surface area contributed by atoms with Crippen LogP contribution in [-0.2, 0) is 11.0 Å². The molecule has 1 aromatic carbocycles. The van der Waals surface area contributed by atoms with Crippen molar-refractivity contribution in [2.75, 3.05) is 24.0 Å². The number of halogens is 3. The predicted molar refractivity (Wildman–Crippen MR) is 82.3 cm³/mol. The lowest BCUT2D eigenvalue weighted by molar-refractivity contribution is -0.146. The number of methoxy groups -OCH3 is 1. The normalized spacial score (nSPS) is 11.4. The summed E-state index contributed by atoms with van der Waals surface area (Å²) in [5, 5.41) is 8.72. The minimum atomic E-state index is -4.71. The van der Waals surface area contributed by atoms with Crippen molar-refractivity contribution in [3.05, 3.63) is 29.6 Å². The molecule has 1 aromatic heterocycles. The lowest BCUT2D eigenvalue weighted by Crippen LogP contribution is -2.22. The number of thioether (sulfide) groups is 1. The van der Waals surface area contributed by atoms with E-state index in [0.29, 0.717) is 16.1 Å². The zero-order chi connectivity index (χ0) is 17.9. The van der Waals surface area contributed by atoms with E-state index in [2.05, 4.69) is 15.5 Å². The molecule has 0 bridgehead atoms. The summed E-state index contributed by atoms with van der Waals surface area (Å²) in [5.74, 6) is 3.80. The number of aromatic nitrogens is 3. The number of benzene rings is 1. The molecule has 0 aliphatic rings. The van der Waals surface area contributed by atoms with E-state index in [0.717, 1.165) is 17.3 Å². The van der Waals surface area contributed by atoms with E-state index in [1.54, 1.807) is 12.1 Å². The first-order valence-corrected chi connectivity index (χ1v) is 7.56. The van der Waals surface area contributed by atoms with Crippen LogP contribution in [0, 0.1) is 6.92 Å². The Morgan fingerprint density at radius 3 is 2.71 bits per heavy atom. The van der Waals surface area contributed by atoms with Crippen LogP contribution in [0.2, 0.25) is 0 Å². The number of amides is 1. The number of nitrogen functional groups attached to an aromatic ring is 1. The van der Waals surface area contributed by atoms with Crippen LogP contribution in [0.15, 0.2) is 23.4 Å². The van der Waals surface area contributed by atoms with Crippen LogP contribution in [0.3, 0.4) is 0 Å². The second-order valence-corrected chi connectivity index (χ2v) is 5.66. The number of rotatable bonds is 5. The number of carbonyl (C=O) groups excluding carboxylic acids is 1. The Morgan fingerprint density at radius 1 is 1.42 bits per heavy atom. The first kappa shape index (κ1) is 17.9. The van der Waals surface area contributed by atoms with E-state index >= 15 is 0 Å². The first-order valence-electron chi connectivity index (χ1n) is 6.57. The summed E-state index contributed by atoms with van der Waals surface area (Å²) in [6.45, 7) is 1.85. The first-order chi connectivity index (χ1) is 11.2. The Labute approximate surface area is 139 Å². The van der Waals surface area contributed by atoms with Gasteiger partial charge in [-0.05, 0) is 24.6 Å². The maximum Gasteiger partial charge on any atom is 0.453 e. The zero-order valence-electron chi connectivity index (χ0n) is 12.7. The highest BCUT2D eigenvalue weighted by Crippen LogP contribution is 2.29. The van der Waals surface area contributed by atoms with Crippen molar-refractivity contribution < 1.29 is 22.7 Å². The number of hydrogen-bond acceptors (Lipinski definition) is 6. The smallest absolute Gasteiger partial charge is 0.453 e. The number of hydrogen-bond donors (Lipinski definition) is 2. The van der Waals surface area contributed by atoms with E-state index in [1.807, 2.05) is 13.0 Å². The highest BCUT2D eigenvalue weighted by molar-refractivity contribution is 7.99. The lowest BCUT2D eigenvalue weighted by Gasteiger charge is -2.11. The molecule has 0 spiro atoms. The molecule has 3 N–H and O–H groups in total. The van der Waals surface area contributed by atoms with Crippen LogP contribution in [0.1, 0.15) is 11.4 Å². The third-order valence-corrected chi connectivity index (χ3v) is 3.82. The van der Waals surface area contributed by atoms with Crippen LogP contribution < -0.4 is 15.9 Å². The van der Waals surface area contributed by atoms with Crippen LogP contribution in [-0.4, -0.2) is 33.6 Å². The summed E-state index contributed by atoms with van der Waals surface area (Å²) in [4.78, 5) is 12.0. The van der Waals surface area contributed by atoms with Gasteiger partial charge in [0, 0.05) is 0 Å². The number of aryl methyl sites for hydroxylation is 1. The molecule has 0 aliphatic heterocycles. The van der Waals surface area contributed by atoms with E-state index in [9.17, 15) is 18.0 Å². The molecule has 0 saturated carbocycles. The number of nitrogens with one attached hydrogen (secondary N) is 1. The average molecular weight is 361 g/mol. The Balaban J connectivity index is 2.02. The number of anilines is 1. The van der Waals surface area contributed by atoms with Gasteiger partial charge in [0.05, 0.1) is 18.6 Å². The molecule has 24 heavy (non-hydrogen) atoms. The number of alkyl halides is 3. The summed E-state index contributed by atoms with van der Waals surface area (Å²) in [7, 11) is 1.46. The molecule has 0 saturated heterocycles. The molecule has 0 radical (unpaired) electrons. The van der Waals surface area contributed by atoms with Gasteiger partial charge >= 0.3 is 6.18 Å². The van der Waals surface area contributed by atoms with Gasteiger partial charge in [-0.25, -0.2) is 4.68 Å². The Bertz CT molecular complexity index is 748. The van der Waals surface area contributed by atoms with Gasteiger partial charge in [0.15, 0.2) is 0 Å². The Morgan fingerprint density at radius 2 is 2.12 bits per heavy atom. The fourth-order valence-electron chi connectivity index (χ4n) is 1.80. The van der Waals surface area contributed by atoms with Gasteiger partial charge in [0.1, 0.15) is 5.75 Å². The van der Waals surface area contributed by atoms with E-state index in [-0.39, 0.29) is 10.9 Å². The van der Waals surface area contributed by atoms with Crippen molar-refractivity contribution in [1.29, 1.82) is 0 Å². The van der Waals surface area contributed by atoms with Crippen molar-refractivity contribution in [2.24, 2.45) is 0 Å². The number of carbonyl (C=O) groups is 1. The Kier molecular flexibility index (Phi) is 5.22. The van der Waals surface area contributed by atoms with Crippen LogP contribution in [0.25, 0.3) is 0 Å². The molecule has 0 atom stereocenters. The highest BCUT2D eigenvalue weighted by Gasteiger charge is 2.38. The number of ether oxygens (including phenoxy) is 1. The van der Waals surface area contributed by atoms with Crippen LogP contribution in [0.4, 0.5) is 18.9 Å². The van der Waals surface area contributed by atoms with Gasteiger partial charge in [-0.1, -0.05) is 17.8 Å². The van der Waals surface area contributed by atoms with Gasteiger partial charge in [0.25, 0.3) is 5.82 Å². The monoisotopic (exact) mass is 361 g/mol. The molecule has 130 valence electrons. The largest absolute Gasteiger partial charge is 0.495 e. The minimum Gasteiger partial charge on any atom is -0.495 e. The summed E-state index contributed by atoms with van der Waals surface area (Å²) in [6.07, 6.45) is -4.71. The van der Waals surface area contributed by atoms with Crippen molar-refractivity contribution in [2.45, 2.75) is 18.3 Å². The predicted octanol–water partition coefficient (Wildman–Crippen LogP) is 2.06. The summed E-state index contributed by atoms with van der Waals surface area (Å²) in [6, 6.07) is 5.23. The fourth-order valence-corrected chi connectivity index (χ4v) is 2.46.